The van der Waals surface area contributed by atoms with Gasteiger partial charge in [-0.25, -0.2) is 4.79 Å². The molecule has 116 valence electrons. The van der Waals surface area contributed by atoms with E-state index in [1.807, 2.05) is 19.1 Å². The normalized spacial score (nSPS) is 10.7. The summed E-state index contributed by atoms with van der Waals surface area (Å²) in [5.41, 5.74) is 3.00. The molecule has 0 amide bonds. The van der Waals surface area contributed by atoms with Crippen LogP contribution in [0.1, 0.15) is 22.8 Å². The average Bonchev–Trinajstić information content (AvgIpc) is 2.92. The molecule has 0 radical (unpaired) electrons. The van der Waals surface area contributed by atoms with E-state index in [2.05, 4.69) is 6.58 Å². The van der Waals surface area contributed by atoms with Crippen molar-refractivity contribution in [2.45, 2.75) is 6.92 Å². The van der Waals surface area contributed by atoms with Crippen molar-refractivity contribution in [3.8, 4) is 5.75 Å². The van der Waals surface area contributed by atoms with Gasteiger partial charge in [0.25, 0.3) is 0 Å². The van der Waals surface area contributed by atoms with Crippen LogP contribution < -0.4 is 9.68 Å². The van der Waals surface area contributed by atoms with E-state index in [0.717, 1.165) is 27.2 Å². The predicted octanol–water partition coefficient (Wildman–Crippen LogP) is 4.15. The number of benzene rings is 2. The Morgan fingerprint density at radius 2 is 1.87 bits per heavy atom. The third-order valence-electron chi connectivity index (χ3n) is 3.37. The molecule has 0 bridgehead atoms. The van der Waals surface area contributed by atoms with E-state index in [1.165, 1.54) is 0 Å². The van der Waals surface area contributed by atoms with Crippen LogP contribution in [0.15, 0.2) is 58.3 Å². The van der Waals surface area contributed by atoms with Gasteiger partial charge in [0.1, 0.15) is 5.75 Å². The van der Waals surface area contributed by atoms with Gasteiger partial charge >= 0.3 is 4.94 Å². The van der Waals surface area contributed by atoms with E-state index in [-0.39, 0.29) is 17.3 Å². The van der Waals surface area contributed by atoms with Crippen molar-refractivity contribution in [1.82, 2.24) is 0 Å². The zero-order valence-corrected chi connectivity index (χ0v) is 13.3. The Morgan fingerprint density at radius 3 is 2.57 bits per heavy atom. The SMILES string of the molecule is C=C(C)c1ccc(C(=O)COc2ccc3sc(=O)oc3c2)cc1. The minimum atomic E-state index is -0.356. The number of fused-ring (bicyclic) bond motifs is 1. The monoisotopic (exact) mass is 326 g/mol. The molecule has 0 N–H and O–H groups in total. The van der Waals surface area contributed by atoms with Crippen molar-refractivity contribution in [3.05, 3.63) is 69.9 Å². The lowest BCUT2D eigenvalue weighted by Gasteiger charge is -2.06. The first kappa shape index (κ1) is 15.2. The molecule has 23 heavy (non-hydrogen) atoms. The third-order valence-corrected chi connectivity index (χ3v) is 4.18. The van der Waals surface area contributed by atoms with Gasteiger partial charge in [-0.1, -0.05) is 47.8 Å². The number of ether oxygens (including phenoxy) is 1. The minimum Gasteiger partial charge on any atom is -0.485 e. The molecule has 4 nitrogen and oxygen atoms in total. The van der Waals surface area contributed by atoms with E-state index >= 15 is 0 Å². The molecule has 0 aliphatic carbocycles. The van der Waals surface area contributed by atoms with Gasteiger partial charge < -0.3 is 9.15 Å². The first-order valence-electron chi connectivity index (χ1n) is 6.98. The predicted molar refractivity (Wildman–Crippen MR) is 91.3 cm³/mol. The third kappa shape index (κ3) is 3.40. The van der Waals surface area contributed by atoms with E-state index in [0.29, 0.717) is 16.9 Å². The maximum absolute atomic E-state index is 12.1. The van der Waals surface area contributed by atoms with Crippen molar-refractivity contribution in [2.24, 2.45) is 0 Å². The molecule has 1 heterocycles. The highest BCUT2D eigenvalue weighted by molar-refractivity contribution is 7.16. The fourth-order valence-corrected chi connectivity index (χ4v) is 2.76. The fraction of sp³-hybridized carbons (Fsp3) is 0.111. The molecule has 3 aromatic rings. The summed E-state index contributed by atoms with van der Waals surface area (Å²) in [7, 11) is 0. The summed E-state index contributed by atoms with van der Waals surface area (Å²) >= 11 is 1.03. The Kier molecular flexibility index (Phi) is 4.12. The largest absolute Gasteiger partial charge is 0.485 e. The lowest BCUT2D eigenvalue weighted by Crippen LogP contribution is -2.11. The summed E-state index contributed by atoms with van der Waals surface area (Å²) in [6, 6.07) is 12.3. The maximum Gasteiger partial charge on any atom is 0.396 e. The number of hydrogen-bond donors (Lipinski definition) is 0. The molecule has 3 rings (SSSR count). The second kappa shape index (κ2) is 6.22. The van der Waals surface area contributed by atoms with E-state index in [4.69, 9.17) is 9.15 Å². The molecule has 0 atom stereocenters. The molecule has 0 saturated heterocycles. The Morgan fingerprint density at radius 1 is 1.17 bits per heavy atom. The highest BCUT2D eigenvalue weighted by Crippen LogP contribution is 2.23. The fourth-order valence-electron chi connectivity index (χ4n) is 2.12. The Labute approximate surface area is 136 Å². The first-order chi connectivity index (χ1) is 11.0. The Balaban J connectivity index is 1.69. The van der Waals surface area contributed by atoms with Crippen molar-refractivity contribution in [1.29, 1.82) is 0 Å². The number of Topliss-reactive ketones (excluding diaryl/α,β-unsaturated/α-hetero) is 1. The average molecular weight is 326 g/mol. The van der Waals surface area contributed by atoms with Gasteiger partial charge in [-0.05, 0) is 24.6 Å². The second-order valence-electron chi connectivity index (χ2n) is 5.13. The lowest BCUT2D eigenvalue weighted by molar-refractivity contribution is 0.0921. The Bertz CT molecular complexity index is 932. The van der Waals surface area contributed by atoms with E-state index < -0.39 is 0 Å². The number of rotatable bonds is 5. The smallest absolute Gasteiger partial charge is 0.396 e. The number of hydrogen-bond acceptors (Lipinski definition) is 5. The Hall–Kier alpha value is -2.66. The highest BCUT2D eigenvalue weighted by Gasteiger charge is 2.09. The van der Waals surface area contributed by atoms with Gasteiger partial charge in [0, 0.05) is 11.6 Å². The molecule has 0 aliphatic rings. The maximum atomic E-state index is 12.1. The molecule has 2 aromatic carbocycles. The zero-order chi connectivity index (χ0) is 16.4. The topological polar surface area (TPSA) is 56.5 Å². The molecule has 1 aromatic heterocycles. The summed E-state index contributed by atoms with van der Waals surface area (Å²) in [4.78, 5) is 23.0. The molecule has 0 unspecified atom stereocenters. The summed E-state index contributed by atoms with van der Waals surface area (Å²) in [6.45, 7) is 5.70. The molecule has 0 aliphatic heterocycles. The minimum absolute atomic E-state index is 0.0771. The highest BCUT2D eigenvalue weighted by atomic mass is 32.1. The van der Waals surface area contributed by atoms with Crippen molar-refractivity contribution in [2.75, 3.05) is 6.61 Å². The van der Waals surface area contributed by atoms with Gasteiger partial charge in [0.2, 0.25) is 0 Å². The van der Waals surface area contributed by atoms with Crippen LogP contribution in [0, 0.1) is 0 Å². The van der Waals surface area contributed by atoms with Crippen LogP contribution in [0.4, 0.5) is 0 Å². The molecular weight excluding hydrogens is 312 g/mol. The van der Waals surface area contributed by atoms with Crippen LogP contribution in [0.25, 0.3) is 15.9 Å². The molecule has 0 fully saturated rings. The first-order valence-corrected chi connectivity index (χ1v) is 7.80. The zero-order valence-electron chi connectivity index (χ0n) is 12.5. The van der Waals surface area contributed by atoms with Crippen LogP contribution in [0.5, 0.6) is 5.75 Å². The van der Waals surface area contributed by atoms with Crippen LogP contribution in [-0.4, -0.2) is 12.4 Å². The van der Waals surface area contributed by atoms with Crippen molar-refractivity contribution in [3.63, 3.8) is 0 Å². The van der Waals surface area contributed by atoms with Gasteiger partial charge in [0.05, 0.1) is 4.70 Å². The van der Waals surface area contributed by atoms with Crippen LogP contribution >= 0.6 is 11.3 Å². The standard InChI is InChI=1S/C18H14O4S/c1-11(2)12-3-5-13(6-4-12)15(19)10-21-14-7-8-17-16(9-14)22-18(20)23-17/h3-9H,1,10H2,2H3. The van der Waals surface area contributed by atoms with Crippen LogP contribution in [0.3, 0.4) is 0 Å². The van der Waals surface area contributed by atoms with Crippen molar-refractivity contribution >= 4 is 33.0 Å². The molecule has 5 heteroatoms. The van der Waals surface area contributed by atoms with Gasteiger partial charge in [0.15, 0.2) is 18.0 Å². The summed E-state index contributed by atoms with van der Waals surface area (Å²) < 4.78 is 11.3. The lowest BCUT2D eigenvalue weighted by atomic mass is 10.0. The number of carbonyl (C=O) groups is 1. The number of carbonyl (C=O) groups excluding carboxylic acids is 1. The second-order valence-corrected chi connectivity index (χ2v) is 6.11. The summed E-state index contributed by atoms with van der Waals surface area (Å²) in [5.74, 6) is 0.371. The van der Waals surface area contributed by atoms with Gasteiger partial charge in [-0.2, -0.15) is 0 Å². The quantitative estimate of drug-likeness (QED) is 0.661. The molecule has 0 spiro atoms. The molecular formula is C18H14O4S. The summed E-state index contributed by atoms with van der Waals surface area (Å²) in [5, 5.41) is 0. The summed E-state index contributed by atoms with van der Waals surface area (Å²) in [6.07, 6.45) is 0. The van der Waals surface area contributed by atoms with Crippen molar-refractivity contribution < 1.29 is 13.9 Å². The van der Waals surface area contributed by atoms with E-state index in [1.54, 1.807) is 30.3 Å². The number of allylic oxidation sites excluding steroid dienone is 1. The number of ketones is 1. The van der Waals surface area contributed by atoms with E-state index in [9.17, 15) is 9.59 Å². The van der Waals surface area contributed by atoms with Gasteiger partial charge in [-0.3, -0.25) is 4.79 Å². The van der Waals surface area contributed by atoms with Crippen LogP contribution in [-0.2, 0) is 0 Å². The van der Waals surface area contributed by atoms with Gasteiger partial charge in [-0.15, -0.1) is 0 Å². The molecule has 0 saturated carbocycles. The van der Waals surface area contributed by atoms with Crippen LogP contribution in [0.2, 0.25) is 0 Å².